The maximum Gasteiger partial charge on any atom is 0.352 e. The summed E-state index contributed by atoms with van der Waals surface area (Å²) in [5, 5.41) is 0. The lowest BCUT2D eigenvalue weighted by atomic mass is 9.77. The molecule has 2 bridgehead atoms. The van der Waals surface area contributed by atoms with Crippen LogP contribution in [0.15, 0.2) is 24.3 Å². The molecule has 3 nitrogen and oxygen atoms in total. The largest absolute Gasteiger partial charge is 0.392 e. The minimum Gasteiger partial charge on any atom is -0.392 e. The second-order valence-corrected chi connectivity index (χ2v) is 5.01. The lowest BCUT2D eigenvalue weighted by Gasteiger charge is -2.22. The van der Waals surface area contributed by atoms with E-state index in [1.54, 1.807) is 23.0 Å². The Morgan fingerprint density at radius 3 is 2.75 bits per heavy atom. The molecule has 3 rings (SSSR count). The molecule has 1 saturated heterocycles. The fourth-order valence-electron chi connectivity index (χ4n) is 2.89. The Morgan fingerprint density at radius 2 is 2.06 bits per heavy atom. The van der Waals surface area contributed by atoms with E-state index in [0.29, 0.717) is 6.42 Å². The summed E-state index contributed by atoms with van der Waals surface area (Å²) in [4.78, 5) is 11.9. The van der Waals surface area contributed by atoms with Crippen LogP contribution in [0.4, 0.5) is 0 Å². The number of carbonyl (C=O) groups is 1. The van der Waals surface area contributed by atoms with Gasteiger partial charge in [-0.25, -0.2) is 4.79 Å². The number of halogens is 1. The maximum absolute atomic E-state index is 11.9. The molecule has 0 amide bonds. The van der Waals surface area contributed by atoms with Gasteiger partial charge in [-0.2, -0.15) is 0 Å². The van der Waals surface area contributed by atoms with Crippen molar-refractivity contribution < 1.29 is 12.6 Å². The van der Waals surface area contributed by atoms with Crippen LogP contribution < -0.4 is 0 Å². The number of hydrogen-bond acceptors (Lipinski definition) is 3. The molecule has 1 aromatic carbocycles. The Bertz CT molecular complexity index is 473. The lowest BCUT2D eigenvalue weighted by molar-refractivity contribution is -0.162. The van der Waals surface area contributed by atoms with Gasteiger partial charge in [0.2, 0.25) is 0 Å². The molecule has 0 unspecified atom stereocenters. The van der Waals surface area contributed by atoms with Crippen molar-refractivity contribution in [2.45, 2.75) is 31.0 Å². The standard InChI is InChI=1S/C12H11IO3/c1-11-6-7-12(16-11,10(14)15-13)9-5-3-2-4-8(9)11/h2-5H,6-7H2,1H3/t11-,12+/m0/s1. The summed E-state index contributed by atoms with van der Waals surface area (Å²) in [5.41, 5.74) is 0.932. The highest BCUT2D eigenvalue weighted by molar-refractivity contribution is 14.1. The number of hydrogen-bond donors (Lipinski definition) is 0. The van der Waals surface area contributed by atoms with Gasteiger partial charge < -0.3 is 7.80 Å². The molecule has 0 aromatic heterocycles. The fourth-order valence-corrected chi connectivity index (χ4v) is 3.25. The molecule has 2 aliphatic heterocycles. The van der Waals surface area contributed by atoms with Gasteiger partial charge in [-0.05, 0) is 25.3 Å². The molecule has 0 radical (unpaired) electrons. The van der Waals surface area contributed by atoms with E-state index in [9.17, 15) is 4.79 Å². The van der Waals surface area contributed by atoms with Crippen molar-refractivity contribution in [3.05, 3.63) is 35.4 Å². The van der Waals surface area contributed by atoms with Gasteiger partial charge in [0.05, 0.1) is 5.60 Å². The van der Waals surface area contributed by atoms with E-state index in [2.05, 4.69) is 0 Å². The summed E-state index contributed by atoms with van der Waals surface area (Å²) in [6, 6.07) is 7.93. The van der Waals surface area contributed by atoms with Gasteiger partial charge in [0.1, 0.15) is 0 Å². The van der Waals surface area contributed by atoms with Crippen LogP contribution in [0.25, 0.3) is 0 Å². The van der Waals surface area contributed by atoms with Gasteiger partial charge >= 0.3 is 5.97 Å². The highest BCUT2D eigenvalue weighted by Gasteiger charge is 2.61. The summed E-state index contributed by atoms with van der Waals surface area (Å²) < 4.78 is 10.9. The molecule has 0 aliphatic carbocycles. The first-order valence-electron chi connectivity index (χ1n) is 5.26. The third-order valence-electron chi connectivity index (χ3n) is 3.69. The second-order valence-electron chi connectivity index (χ2n) is 4.57. The van der Waals surface area contributed by atoms with Gasteiger partial charge in [0.15, 0.2) is 28.6 Å². The summed E-state index contributed by atoms with van der Waals surface area (Å²) in [7, 11) is 0. The Hall–Kier alpha value is -0.620. The van der Waals surface area contributed by atoms with Crippen LogP contribution in [0.3, 0.4) is 0 Å². The van der Waals surface area contributed by atoms with Crippen LogP contribution in [0.2, 0.25) is 0 Å². The quantitative estimate of drug-likeness (QED) is 0.743. The van der Waals surface area contributed by atoms with Crippen LogP contribution in [0, 0.1) is 0 Å². The van der Waals surface area contributed by atoms with Gasteiger partial charge in [0.25, 0.3) is 0 Å². The lowest BCUT2D eigenvalue weighted by Crippen LogP contribution is -2.33. The number of ether oxygens (including phenoxy) is 1. The van der Waals surface area contributed by atoms with Gasteiger partial charge in [-0.1, -0.05) is 24.3 Å². The van der Waals surface area contributed by atoms with Gasteiger partial charge in [-0.3, -0.25) is 0 Å². The van der Waals surface area contributed by atoms with Crippen LogP contribution in [0.5, 0.6) is 0 Å². The number of rotatable bonds is 1. The van der Waals surface area contributed by atoms with Gasteiger partial charge in [-0.15, -0.1) is 0 Å². The number of benzene rings is 1. The van der Waals surface area contributed by atoms with E-state index >= 15 is 0 Å². The zero-order chi connectivity index (χ0) is 11.4. The SMILES string of the molecule is C[C@@]12CC[C@@](C(=O)OI)(O1)c1ccccc12. The Kier molecular flexibility index (Phi) is 2.10. The van der Waals surface area contributed by atoms with Crippen LogP contribution in [-0.4, -0.2) is 5.97 Å². The number of carbonyl (C=O) groups excluding carboxylic acids is 1. The van der Waals surface area contributed by atoms with Crippen molar-refractivity contribution in [3.63, 3.8) is 0 Å². The molecule has 84 valence electrons. The minimum atomic E-state index is -0.855. The molecule has 16 heavy (non-hydrogen) atoms. The molecule has 0 N–H and O–H groups in total. The molecule has 0 spiro atoms. The Labute approximate surface area is 108 Å². The molecule has 2 atom stereocenters. The molecule has 1 aromatic rings. The molecular formula is C12H11IO3. The molecule has 2 aliphatic rings. The zero-order valence-electron chi connectivity index (χ0n) is 8.83. The maximum atomic E-state index is 11.9. The van der Waals surface area contributed by atoms with E-state index in [-0.39, 0.29) is 11.6 Å². The summed E-state index contributed by atoms with van der Waals surface area (Å²) in [5.74, 6) is -0.290. The van der Waals surface area contributed by atoms with Crippen molar-refractivity contribution in [1.82, 2.24) is 0 Å². The molecule has 0 saturated carbocycles. The Morgan fingerprint density at radius 1 is 1.38 bits per heavy atom. The van der Waals surface area contributed by atoms with E-state index in [0.717, 1.165) is 17.5 Å². The van der Waals surface area contributed by atoms with Crippen LogP contribution in [0.1, 0.15) is 30.9 Å². The summed E-state index contributed by atoms with van der Waals surface area (Å²) >= 11 is 1.63. The fraction of sp³-hybridized carbons (Fsp3) is 0.417. The first kappa shape index (κ1) is 10.5. The summed E-state index contributed by atoms with van der Waals surface area (Å²) in [6.45, 7) is 2.04. The van der Waals surface area contributed by atoms with Crippen molar-refractivity contribution in [2.75, 3.05) is 0 Å². The van der Waals surface area contributed by atoms with Crippen molar-refractivity contribution in [1.29, 1.82) is 0 Å². The van der Waals surface area contributed by atoms with Crippen LogP contribution >= 0.6 is 23.0 Å². The third-order valence-corrected chi connectivity index (χ3v) is 4.09. The first-order valence-corrected chi connectivity index (χ1v) is 6.14. The van der Waals surface area contributed by atoms with Crippen molar-refractivity contribution in [2.24, 2.45) is 0 Å². The zero-order valence-corrected chi connectivity index (χ0v) is 11.0. The average molecular weight is 330 g/mol. The highest BCUT2D eigenvalue weighted by Crippen LogP contribution is 2.58. The monoisotopic (exact) mass is 330 g/mol. The van der Waals surface area contributed by atoms with Crippen molar-refractivity contribution in [3.8, 4) is 0 Å². The second kappa shape index (κ2) is 3.20. The van der Waals surface area contributed by atoms with E-state index in [1.807, 2.05) is 31.2 Å². The van der Waals surface area contributed by atoms with E-state index < -0.39 is 5.60 Å². The molecule has 2 heterocycles. The predicted molar refractivity (Wildman–Crippen MR) is 65.9 cm³/mol. The number of fused-ring (bicyclic) bond motifs is 5. The normalized spacial score (nSPS) is 34.9. The minimum absolute atomic E-state index is 0.290. The molecular weight excluding hydrogens is 319 g/mol. The summed E-state index contributed by atoms with van der Waals surface area (Å²) in [6.07, 6.45) is 1.58. The van der Waals surface area contributed by atoms with Crippen molar-refractivity contribution >= 4 is 29.0 Å². The Balaban J connectivity index is 2.22. The van der Waals surface area contributed by atoms with E-state index in [4.69, 9.17) is 7.80 Å². The average Bonchev–Trinajstić information content (AvgIpc) is 2.80. The van der Waals surface area contributed by atoms with E-state index in [1.165, 1.54) is 0 Å². The van der Waals surface area contributed by atoms with Crippen LogP contribution in [-0.2, 0) is 23.8 Å². The topological polar surface area (TPSA) is 35.5 Å². The predicted octanol–water partition coefficient (Wildman–Crippen LogP) is 2.81. The molecule has 4 heteroatoms. The highest BCUT2D eigenvalue weighted by atomic mass is 127. The molecule has 1 fully saturated rings. The first-order chi connectivity index (χ1) is 7.62. The smallest absolute Gasteiger partial charge is 0.352 e. The van der Waals surface area contributed by atoms with Gasteiger partial charge in [0, 0.05) is 5.56 Å². The third kappa shape index (κ3) is 1.09.